The molecule has 1 saturated heterocycles. The first kappa shape index (κ1) is 23.8. The standard InChI is InChI=1S/C27H22BrN3O2S/c1-17-6-12-22(13-7-17)31-26(33)24(15-19-5-3-4-18(2)14-19)34-27(31)23(16-29)25(32)30-21-10-8-20(28)9-11-21/h3-14,24H,15H2,1-2H3,(H,30,32)/b27-23-/t24-/m1/s1. The zero-order chi connectivity index (χ0) is 24.2. The molecule has 1 N–H and O–H groups in total. The molecule has 3 aromatic carbocycles. The normalized spacial score (nSPS) is 16.8. The first-order valence-corrected chi connectivity index (χ1v) is 12.4. The lowest BCUT2D eigenvalue weighted by atomic mass is 10.1. The van der Waals surface area contributed by atoms with Crippen LogP contribution in [-0.2, 0) is 16.0 Å². The highest BCUT2D eigenvalue weighted by molar-refractivity contribution is 9.10. The molecule has 1 heterocycles. The Hall–Kier alpha value is -3.34. The largest absolute Gasteiger partial charge is 0.321 e. The highest BCUT2D eigenvalue weighted by Gasteiger charge is 2.40. The van der Waals surface area contributed by atoms with Crippen LogP contribution >= 0.6 is 27.7 Å². The van der Waals surface area contributed by atoms with Crippen molar-refractivity contribution in [2.45, 2.75) is 25.5 Å². The van der Waals surface area contributed by atoms with Gasteiger partial charge in [0.25, 0.3) is 5.91 Å². The van der Waals surface area contributed by atoms with Crippen LogP contribution in [0.1, 0.15) is 16.7 Å². The van der Waals surface area contributed by atoms with Gasteiger partial charge in [0, 0.05) is 15.8 Å². The third-order valence-electron chi connectivity index (χ3n) is 5.40. The summed E-state index contributed by atoms with van der Waals surface area (Å²) in [4.78, 5) is 28.2. The Balaban J connectivity index is 1.72. The zero-order valence-electron chi connectivity index (χ0n) is 18.7. The number of halogens is 1. The number of anilines is 2. The Morgan fingerprint density at radius 1 is 1.06 bits per heavy atom. The van der Waals surface area contributed by atoms with Gasteiger partial charge in [-0.05, 0) is 62.2 Å². The van der Waals surface area contributed by atoms with Crippen molar-refractivity contribution in [1.29, 1.82) is 5.26 Å². The molecule has 34 heavy (non-hydrogen) atoms. The lowest BCUT2D eigenvalue weighted by Gasteiger charge is -2.19. The molecule has 7 heteroatoms. The Bertz CT molecular complexity index is 1310. The van der Waals surface area contributed by atoms with Crippen LogP contribution in [-0.4, -0.2) is 17.1 Å². The van der Waals surface area contributed by atoms with Gasteiger partial charge in [0.15, 0.2) is 0 Å². The molecule has 1 atom stereocenters. The SMILES string of the molecule is Cc1ccc(N2C(=O)[C@@H](Cc3cccc(C)c3)S/C2=C(/C#N)C(=O)Nc2ccc(Br)cc2)cc1. The number of amides is 2. The predicted molar refractivity (Wildman–Crippen MR) is 140 cm³/mol. The van der Waals surface area contributed by atoms with Crippen molar-refractivity contribution in [3.63, 3.8) is 0 Å². The first-order valence-electron chi connectivity index (χ1n) is 10.7. The molecular weight excluding hydrogens is 510 g/mol. The summed E-state index contributed by atoms with van der Waals surface area (Å²) in [6, 6.07) is 24.7. The highest BCUT2D eigenvalue weighted by Crippen LogP contribution is 2.42. The van der Waals surface area contributed by atoms with E-state index in [1.807, 2.05) is 62.4 Å². The predicted octanol–water partition coefficient (Wildman–Crippen LogP) is 6.13. The molecule has 1 aliphatic heterocycles. The molecule has 1 aliphatic rings. The van der Waals surface area contributed by atoms with Crippen molar-refractivity contribution in [2.24, 2.45) is 0 Å². The van der Waals surface area contributed by atoms with E-state index in [1.54, 1.807) is 24.3 Å². The molecule has 0 radical (unpaired) electrons. The van der Waals surface area contributed by atoms with Crippen LogP contribution in [0.15, 0.2) is 87.9 Å². The molecule has 0 unspecified atom stereocenters. The topological polar surface area (TPSA) is 73.2 Å². The summed E-state index contributed by atoms with van der Waals surface area (Å²) in [5.41, 5.74) is 4.31. The van der Waals surface area contributed by atoms with Gasteiger partial charge in [0.05, 0.1) is 5.25 Å². The van der Waals surface area contributed by atoms with Gasteiger partial charge in [-0.25, -0.2) is 0 Å². The van der Waals surface area contributed by atoms with Crippen molar-refractivity contribution < 1.29 is 9.59 Å². The number of nitrogens with zero attached hydrogens (tertiary/aromatic N) is 2. The highest BCUT2D eigenvalue weighted by atomic mass is 79.9. The average molecular weight is 532 g/mol. The van der Waals surface area contributed by atoms with Gasteiger partial charge in [-0.15, -0.1) is 0 Å². The van der Waals surface area contributed by atoms with E-state index >= 15 is 0 Å². The minimum atomic E-state index is -0.548. The summed E-state index contributed by atoms with van der Waals surface area (Å²) in [5, 5.41) is 12.6. The second-order valence-electron chi connectivity index (χ2n) is 8.06. The molecule has 3 aromatic rings. The third-order valence-corrected chi connectivity index (χ3v) is 7.19. The molecule has 0 spiro atoms. The van der Waals surface area contributed by atoms with Gasteiger partial charge in [-0.2, -0.15) is 5.26 Å². The van der Waals surface area contributed by atoms with Gasteiger partial charge in [-0.3, -0.25) is 14.5 Å². The lowest BCUT2D eigenvalue weighted by Crippen LogP contribution is -2.30. The van der Waals surface area contributed by atoms with E-state index in [-0.39, 0.29) is 11.5 Å². The van der Waals surface area contributed by atoms with Crippen LogP contribution in [0.25, 0.3) is 0 Å². The van der Waals surface area contributed by atoms with E-state index < -0.39 is 11.2 Å². The van der Waals surface area contributed by atoms with E-state index in [4.69, 9.17) is 0 Å². The minimum absolute atomic E-state index is 0.0893. The number of carbonyl (C=O) groups is 2. The first-order chi connectivity index (χ1) is 16.4. The summed E-state index contributed by atoms with van der Waals surface area (Å²) in [6.45, 7) is 3.98. The maximum atomic E-state index is 13.6. The summed E-state index contributed by atoms with van der Waals surface area (Å²) < 4.78 is 0.880. The van der Waals surface area contributed by atoms with E-state index in [1.165, 1.54) is 16.7 Å². The molecule has 0 aromatic heterocycles. The molecular formula is C27H22BrN3O2S. The van der Waals surface area contributed by atoms with Crippen molar-refractivity contribution in [2.75, 3.05) is 10.2 Å². The summed E-state index contributed by atoms with van der Waals surface area (Å²) in [5.74, 6) is -0.692. The second-order valence-corrected chi connectivity index (χ2v) is 10.2. The van der Waals surface area contributed by atoms with Gasteiger partial charge in [0.1, 0.15) is 16.7 Å². The van der Waals surface area contributed by atoms with Crippen LogP contribution in [0.5, 0.6) is 0 Å². The van der Waals surface area contributed by atoms with Crippen molar-refractivity contribution in [3.05, 3.63) is 105 Å². The van der Waals surface area contributed by atoms with Crippen LogP contribution < -0.4 is 10.2 Å². The van der Waals surface area contributed by atoms with Crippen LogP contribution in [0.4, 0.5) is 11.4 Å². The van der Waals surface area contributed by atoms with Gasteiger partial charge < -0.3 is 5.32 Å². The fourth-order valence-corrected chi connectivity index (χ4v) is 5.27. The van der Waals surface area contributed by atoms with Crippen LogP contribution in [0, 0.1) is 25.2 Å². The Labute approximate surface area is 211 Å². The van der Waals surface area contributed by atoms with Gasteiger partial charge in [-0.1, -0.05) is 75.2 Å². The molecule has 5 nitrogen and oxygen atoms in total. The fourth-order valence-electron chi connectivity index (χ4n) is 3.70. The molecule has 0 aliphatic carbocycles. The monoisotopic (exact) mass is 531 g/mol. The quantitative estimate of drug-likeness (QED) is 0.317. The van der Waals surface area contributed by atoms with Crippen molar-refractivity contribution in [1.82, 2.24) is 0 Å². The number of hydrogen-bond donors (Lipinski definition) is 1. The number of rotatable bonds is 5. The fraction of sp³-hybridized carbons (Fsp3) is 0.148. The summed E-state index contributed by atoms with van der Waals surface area (Å²) in [7, 11) is 0. The maximum Gasteiger partial charge on any atom is 0.269 e. The van der Waals surface area contributed by atoms with E-state index in [0.29, 0.717) is 22.8 Å². The zero-order valence-corrected chi connectivity index (χ0v) is 21.1. The Morgan fingerprint density at radius 2 is 1.76 bits per heavy atom. The van der Waals surface area contributed by atoms with Crippen LogP contribution in [0.3, 0.4) is 0 Å². The van der Waals surface area contributed by atoms with Gasteiger partial charge in [0.2, 0.25) is 5.91 Å². The van der Waals surface area contributed by atoms with E-state index in [9.17, 15) is 14.9 Å². The number of nitrogens with one attached hydrogen (secondary N) is 1. The molecule has 1 fully saturated rings. The average Bonchev–Trinajstić information content (AvgIpc) is 3.12. The molecule has 4 rings (SSSR count). The molecule has 170 valence electrons. The Morgan fingerprint density at radius 3 is 2.41 bits per heavy atom. The smallest absolute Gasteiger partial charge is 0.269 e. The second kappa shape index (κ2) is 10.3. The number of hydrogen-bond acceptors (Lipinski definition) is 4. The number of benzene rings is 3. The van der Waals surface area contributed by atoms with Gasteiger partial charge >= 0.3 is 0 Å². The van der Waals surface area contributed by atoms with Crippen molar-refractivity contribution in [3.8, 4) is 6.07 Å². The van der Waals surface area contributed by atoms with Crippen LogP contribution in [0.2, 0.25) is 0 Å². The summed E-state index contributed by atoms with van der Waals surface area (Å²) >= 11 is 4.64. The minimum Gasteiger partial charge on any atom is -0.321 e. The number of thioether (sulfide) groups is 1. The van der Waals surface area contributed by atoms with E-state index in [2.05, 4.69) is 27.3 Å². The number of aryl methyl sites for hydroxylation is 2. The summed E-state index contributed by atoms with van der Waals surface area (Å²) in [6.07, 6.45) is 0.504. The Kier molecular flexibility index (Phi) is 7.20. The number of nitriles is 1. The number of carbonyl (C=O) groups excluding carboxylic acids is 2. The molecule has 0 saturated carbocycles. The molecule has 0 bridgehead atoms. The molecule has 2 amide bonds. The third kappa shape index (κ3) is 5.24. The lowest BCUT2D eigenvalue weighted by molar-refractivity contribution is -0.117. The van der Waals surface area contributed by atoms with E-state index in [0.717, 1.165) is 21.2 Å². The van der Waals surface area contributed by atoms with Crippen molar-refractivity contribution >= 4 is 50.9 Å². The maximum absolute atomic E-state index is 13.6.